The Labute approximate surface area is 179 Å². The van der Waals surface area contributed by atoms with E-state index in [1.807, 2.05) is 44.2 Å². The summed E-state index contributed by atoms with van der Waals surface area (Å²) in [6.45, 7) is 11.0. The van der Waals surface area contributed by atoms with Gasteiger partial charge in [-0.2, -0.15) is 5.10 Å². The van der Waals surface area contributed by atoms with Crippen molar-refractivity contribution in [1.82, 2.24) is 15.1 Å². The van der Waals surface area contributed by atoms with Crippen molar-refractivity contribution in [2.45, 2.75) is 59.3 Å². The van der Waals surface area contributed by atoms with E-state index < -0.39 is 0 Å². The predicted molar refractivity (Wildman–Crippen MR) is 119 cm³/mol. The van der Waals surface area contributed by atoms with E-state index in [1.54, 1.807) is 11.8 Å². The van der Waals surface area contributed by atoms with E-state index in [1.165, 1.54) is 0 Å². The first-order valence-electron chi connectivity index (χ1n) is 10.4. The lowest BCUT2D eigenvalue weighted by molar-refractivity contribution is -0.121. The van der Waals surface area contributed by atoms with E-state index in [9.17, 15) is 9.59 Å². The third kappa shape index (κ3) is 6.90. The minimum Gasteiger partial charge on any atom is -0.497 e. The first kappa shape index (κ1) is 23.4. The molecule has 30 heavy (non-hydrogen) atoms. The number of hydrogen-bond donors (Lipinski definition) is 2. The monoisotopic (exact) mass is 414 g/mol. The van der Waals surface area contributed by atoms with Crippen molar-refractivity contribution in [2.75, 3.05) is 19.0 Å². The van der Waals surface area contributed by atoms with Gasteiger partial charge in [0.05, 0.1) is 18.5 Å². The second-order valence-electron chi connectivity index (χ2n) is 8.87. The summed E-state index contributed by atoms with van der Waals surface area (Å²) < 4.78 is 6.95. The number of ether oxygens (including phenoxy) is 1. The molecule has 0 fully saturated rings. The van der Waals surface area contributed by atoms with Gasteiger partial charge in [-0.05, 0) is 36.6 Å². The Bertz CT molecular complexity index is 848. The molecule has 0 bridgehead atoms. The highest BCUT2D eigenvalue weighted by Crippen LogP contribution is 2.27. The molecule has 0 radical (unpaired) electrons. The van der Waals surface area contributed by atoms with E-state index >= 15 is 0 Å². The van der Waals surface area contributed by atoms with E-state index in [0.29, 0.717) is 31.1 Å². The summed E-state index contributed by atoms with van der Waals surface area (Å²) in [4.78, 5) is 24.3. The number of rotatable bonds is 9. The summed E-state index contributed by atoms with van der Waals surface area (Å²) in [7, 11) is 1.62. The van der Waals surface area contributed by atoms with Crippen LogP contribution >= 0.6 is 0 Å². The minimum absolute atomic E-state index is 0.0187. The number of nitrogens with zero attached hydrogens (tertiary/aromatic N) is 2. The maximum Gasteiger partial charge on any atom is 0.225 e. The molecular weight excluding hydrogens is 380 g/mol. The average Bonchev–Trinajstić information content (AvgIpc) is 3.10. The second kappa shape index (κ2) is 10.3. The molecule has 2 N–H and O–H groups in total. The lowest BCUT2D eigenvalue weighted by atomic mass is 9.92. The molecule has 2 aromatic rings. The second-order valence-corrected chi connectivity index (χ2v) is 8.87. The lowest BCUT2D eigenvalue weighted by Crippen LogP contribution is -2.27. The SMILES string of the molecule is COc1ccc(-n2nc(C(C)(C)C)cc2NC(=O)CCCC(=O)NCC(C)C)cc1. The van der Waals surface area contributed by atoms with Gasteiger partial charge in [-0.25, -0.2) is 4.68 Å². The summed E-state index contributed by atoms with van der Waals surface area (Å²) >= 11 is 0. The van der Waals surface area contributed by atoms with Gasteiger partial charge in [-0.15, -0.1) is 0 Å². The summed E-state index contributed by atoms with van der Waals surface area (Å²) in [5, 5.41) is 10.5. The number of benzene rings is 1. The zero-order chi connectivity index (χ0) is 22.3. The van der Waals surface area contributed by atoms with Gasteiger partial charge in [0.1, 0.15) is 11.6 Å². The zero-order valence-corrected chi connectivity index (χ0v) is 18.9. The fraction of sp³-hybridized carbons (Fsp3) is 0.522. The maximum absolute atomic E-state index is 12.5. The normalized spacial score (nSPS) is 11.4. The van der Waals surface area contributed by atoms with E-state index in [4.69, 9.17) is 9.84 Å². The topological polar surface area (TPSA) is 85.2 Å². The van der Waals surface area contributed by atoms with Crippen LogP contribution in [0.25, 0.3) is 5.69 Å². The van der Waals surface area contributed by atoms with Gasteiger partial charge in [0.15, 0.2) is 0 Å². The van der Waals surface area contributed by atoms with Gasteiger partial charge < -0.3 is 15.4 Å². The molecule has 7 heteroatoms. The molecule has 1 aromatic carbocycles. The van der Waals surface area contributed by atoms with Crippen LogP contribution in [-0.4, -0.2) is 35.2 Å². The van der Waals surface area contributed by atoms with Crippen LogP contribution in [0, 0.1) is 5.92 Å². The van der Waals surface area contributed by atoms with Crippen LogP contribution in [0.3, 0.4) is 0 Å². The zero-order valence-electron chi connectivity index (χ0n) is 18.9. The predicted octanol–water partition coefficient (Wildman–Crippen LogP) is 4.06. The fourth-order valence-electron chi connectivity index (χ4n) is 2.78. The Kier molecular flexibility index (Phi) is 8.03. The van der Waals surface area contributed by atoms with Crippen LogP contribution in [0.1, 0.15) is 59.6 Å². The first-order valence-corrected chi connectivity index (χ1v) is 10.4. The molecule has 0 saturated carbocycles. The molecule has 0 aliphatic heterocycles. The highest BCUT2D eigenvalue weighted by molar-refractivity contribution is 5.90. The van der Waals surface area contributed by atoms with Gasteiger partial charge >= 0.3 is 0 Å². The number of aromatic nitrogens is 2. The van der Waals surface area contributed by atoms with Crippen LogP contribution in [0.4, 0.5) is 5.82 Å². The van der Waals surface area contributed by atoms with E-state index in [-0.39, 0.29) is 23.7 Å². The van der Waals surface area contributed by atoms with Gasteiger partial charge in [0.25, 0.3) is 0 Å². The van der Waals surface area contributed by atoms with Crippen LogP contribution in [0.2, 0.25) is 0 Å². The third-order valence-corrected chi connectivity index (χ3v) is 4.58. The number of amides is 2. The largest absolute Gasteiger partial charge is 0.497 e. The highest BCUT2D eigenvalue weighted by Gasteiger charge is 2.21. The van der Waals surface area contributed by atoms with Crippen LogP contribution in [0.5, 0.6) is 5.75 Å². The molecule has 2 amide bonds. The Hall–Kier alpha value is -2.83. The summed E-state index contributed by atoms with van der Waals surface area (Å²) in [6.07, 6.45) is 1.11. The number of hydrogen-bond acceptors (Lipinski definition) is 4. The molecular formula is C23H34N4O3. The van der Waals surface area contributed by atoms with Gasteiger partial charge in [0, 0.05) is 30.9 Å². The van der Waals surface area contributed by atoms with Gasteiger partial charge in [0.2, 0.25) is 11.8 Å². The van der Waals surface area contributed by atoms with E-state index in [2.05, 4.69) is 31.4 Å². The number of nitrogens with one attached hydrogen (secondary N) is 2. The molecule has 0 aliphatic carbocycles. The van der Waals surface area contributed by atoms with Crippen LogP contribution < -0.4 is 15.4 Å². The number of methoxy groups -OCH3 is 1. The third-order valence-electron chi connectivity index (χ3n) is 4.58. The smallest absolute Gasteiger partial charge is 0.225 e. The first-order chi connectivity index (χ1) is 14.1. The number of carbonyl (C=O) groups excluding carboxylic acids is 2. The Morgan fingerprint density at radius 2 is 1.73 bits per heavy atom. The van der Waals surface area contributed by atoms with Crippen LogP contribution in [-0.2, 0) is 15.0 Å². The average molecular weight is 415 g/mol. The van der Waals surface area contributed by atoms with Crippen LogP contribution in [0.15, 0.2) is 30.3 Å². The fourth-order valence-corrected chi connectivity index (χ4v) is 2.78. The summed E-state index contributed by atoms with van der Waals surface area (Å²) in [6, 6.07) is 9.40. The maximum atomic E-state index is 12.5. The van der Waals surface area contributed by atoms with Crippen molar-refractivity contribution in [1.29, 1.82) is 0 Å². The molecule has 0 saturated heterocycles. The quantitative estimate of drug-likeness (QED) is 0.648. The van der Waals surface area contributed by atoms with Crippen molar-refractivity contribution in [3.8, 4) is 11.4 Å². The summed E-state index contributed by atoms with van der Waals surface area (Å²) in [5.74, 6) is 1.62. The molecule has 7 nitrogen and oxygen atoms in total. The molecule has 0 spiro atoms. The summed E-state index contributed by atoms with van der Waals surface area (Å²) in [5.41, 5.74) is 1.54. The molecule has 164 valence electrons. The minimum atomic E-state index is -0.161. The Morgan fingerprint density at radius 1 is 1.10 bits per heavy atom. The molecule has 0 aliphatic rings. The molecule has 2 rings (SSSR count). The van der Waals surface area contributed by atoms with Crippen molar-refractivity contribution in [2.24, 2.45) is 5.92 Å². The van der Waals surface area contributed by atoms with E-state index in [0.717, 1.165) is 17.1 Å². The highest BCUT2D eigenvalue weighted by atomic mass is 16.5. The van der Waals surface area contributed by atoms with Crippen molar-refractivity contribution < 1.29 is 14.3 Å². The molecule has 0 unspecified atom stereocenters. The van der Waals surface area contributed by atoms with Crippen molar-refractivity contribution in [3.63, 3.8) is 0 Å². The van der Waals surface area contributed by atoms with Crippen molar-refractivity contribution in [3.05, 3.63) is 36.0 Å². The van der Waals surface area contributed by atoms with Gasteiger partial charge in [-0.3, -0.25) is 9.59 Å². The van der Waals surface area contributed by atoms with Crippen molar-refractivity contribution >= 4 is 17.6 Å². The Balaban J connectivity index is 2.07. The van der Waals surface area contributed by atoms with Gasteiger partial charge in [-0.1, -0.05) is 34.6 Å². The standard InChI is InChI=1S/C23H34N4O3/c1-16(2)15-24-21(28)8-7-9-22(29)25-20-14-19(23(3,4)5)26-27(20)17-10-12-18(30-6)13-11-17/h10-14,16H,7-9,15H2,1-6H3,(H,24,28)(H,25,29). The molecule has 1 heterocycles. The lowest BCUT2D eigenvalue weighted by Gasteiger charge is -2.14. The molecule has 0 atom stereocenters. The number of carbonyl (C=O) groups is 2. The Morgan fingerprint density at radius 3 is 2.30 bits per heavy atom. The molecule has 1 aromatic heterocycles. The number of anilines is 1.